The number of amides is 1. The molecule has 1 aliphatic carbocycles. The van der Waals surface area contributed by atoms with Crippen molar-refractivity contribution < 1.29 is 19.4 Å². The second-order valence-corrected chi connectivity index (χ2v) is 8.58. The van der Waals surface area contributed by atoms with Crippen molar-refractivity contribution in [3.8, 4) is 5.75 Å². The van der Waals surface area contributed by atoms with E-state index in [1.807, 2.05) is 24.5 Å². The van der Waals surface area contributed by atoms with Gasteiger partial charge in [-0.25, -0.2) is 0 Å². The Balaban J connectivity index is 1.55. The third-order valence-corrected chi connectivity index (χ3v) is 6.53. The Morgan fingerprint density at radius 2 is 1.89 bits per heavy atom. The van der Waals surface area contributed by atoms with E-state index in [0.717, 1.165) is 49.4 Å². The predicted molar refractivity (Wildman–Crippen MR) is 110 cm³/mol. The van der Waals surface area contributed by atoms with E-state index in [-0.39, 0.29) is 17.9 Å². The summed E-state index contributed by atoms with van der Waals surface area (Å²) in [6.07, 6.45) is 6.95. The van der Waals surface area contributed by atoms with Crippen LogP contribution in [0.2, 0.25) is 0 Å². The van der Waals surface area contributed by atoms with E-state index in [1.54, 1.807) is 11.8 Å². The van der Waals surface area contributed by atoms with Crippen LogP contribution in [-0.2, 0) is 4.79 Å². The first-order valence-corrected chi connectivity index (χ1v) is 11.3. The molecule has 0 radical (unpaired) electrons. The fourth-order valence-electron chi connectivity index (χ4n) is 3.94. The van der Waals surface area contributed by atoms with Crippen LogP contribution in [0.3, 0.4) is 0 Å². The Kier molecular flexibility index (Phi) is 7.62. The van der Waals surface area contributed by atoms with E-state index in [0.29, 0.717) is 30.9 Å². The number of carbonyl (C=O) groups is 2. The van der Waals surface area contributed by atoms with Gasteiger partial charge in [-0.1, -0.05) is 0 Å². The summed E-state index contributed by atoms with van der Waals surface area (Å²) in [5.41, 5.74) is 0.624. The molecule has 1 aliphatic heterocycles. The molecule has 2 aliphatic rings. The molecule has 7 heteroatoms. The van der Waals surface area contributed by atoms with Gasteiger partial charge in [0.05, 0.1) is 12.5 Å². The Morgan fingerprint density at radius 1 is 1.18 bits per heavy atom. The van der Waals surface area contributed by atoms with Gasteiger partial charge in [0.2, 0.25) is 0 Å². The van der Waals surface area contributed by atoms with Crippen molar-refractivity contribution in [1.29, 1.82) is 0 Å². The van der Waals surface area contributed by atoms with Gasteiger partial charge in [0.25, 0.3) is 5.91 Å². The third kappa shape index (κ3) is 5.64. The summed E-state index contributed by atoms with van der Waals surface area (Å²) in [7, 11) is 0. The third-order valence-electron chi connectivity index (χ3n) is 5.77. The van der Waals surface area contributed by atoms with Gasteiger partial charge in [-0.15, -0.1) is 11.8 Å². The highest BCUT2D eigenvalue weighted by atomic mass is 32.2. The van der Waals surface area contributed by atoms with E-state index in [2.05, 4.69) is 10.6 Å². The monoisotopic (exact) mass is 406 g/mol. The molecular formula is C21H30N2O4S. The lowest BCUT2D eigenvalue weighted by Crippen LogP contribution is -2.38. The van der Waals surface area contributed by atoms with Gasteiger partial charge in [0.15, 0.2) is 0 Å². The Morgan fingerprint density at radius 3 is 2.54 bits per heavy atom. The minimum absolute atomic E-state index is 0.0525. The topological polar surface area (TPSA) is 87.7 Å². The average molecular weight is 407 g/mol. The Labute approximate surface area is 170 Å². The zero-order chi connectivity index (χ0) is 19.9. The van der Waals surface area contributed by atoms with Crippen molar-refractivity contribution in [2.75, 3.05) is 26.0 Å². The number of carboxylic acid groups (broad SMARTS) is 1. The normalized spacial score (nSPS) is 23.2. The first-order chi connectivity index (χ1) is 13.6. The summed E-state index contributed by atoms with van der Waals surface area (Å²) in [6, 6.07) is 5.65. The van der Waals surface area contributed by atoms with E-state index >= 15 is 0 Å². The molecule has 154 valence electrons. The first-order valence-electron chi connectivity index (χ1n) is 10.1. The molecular weight excluding hydrogens is 376 g/mol. The molecule has 3 rings (SSSR count). The Bertz CT molecular complexity index is 683. The van der Waals surface area contributed by atoms with Crippen molar-refractivity contribution in [1.82, 2.24) is 10.6 Å². The van der Waals surface area contributed by atoms with Crippen molar-refractivity contribution in [2.24, 2.45) is 11.8 Å². The summed E-state index contributed by atoms with van der Waals surface area (Å²) in [5, 5.41) is 15.5. The van der Waals surface area contributed by atoms with Crippen molar-refractivity contribution in [3.05, 3.63) is 23.8 Å². The van der Waals surface area contributed by atoms with E-state index in [9.17, 15) is 9.59 Å². The number of carbonyl (C=O) groups excluding carboxylic acids is 1. The van der Waals surface area contributed by atoms with Crippen LogP contribution < -0.4 is 15.4 Å². The highest BCUT2D eigenvalue weighted by Gasteiger charge is 2.27. The number of piperidine rings is 1. The molecule has 2 fully saturated rings. The summed E-state index contributed by atoms with van der Waals surface area (Å²) in [6.45, 7) is 2.82. The number of ether oxygens (including phenoxy) is 1. The maximum absolute atomic E-state index is 12.6. The summed E-state index contributed by atoms with van der Waals surface area (Å²) < 4.78 is 6.05. The minimum Gasteiger partial charge on any atom is -0.492 e. The molecule has 1 aromatic rings. The highest BCUT2D eigenvalue weighted by molar-refractivity contribution is 7.98. The summed E-state index contributed by atoms with van der Waals surface area (Å²) in [5.74, 6) is 0.325. The number of thioether (sulfide) groups is 1. The van der Waals surface area contributed by atoms with E-state index in [4.69, 9.17) is 9.84 Å². The van der Waals surface area contributed by atoms with Gasteiger partial charge >= 0.3 is 5.97 Å². The number of nitrogens with one attached hydrogen (secondary N) is 2. The zero-order valence-electron chi connectivity index (χ0n) is 16.4. The summed E-state index contributed by atoms with van der Waals surface area (Å²) in [4.78, 5) is 24.7. The van der Waals surface area contributed by atoms with Crippen LogP contribution in [0.15, 0.2) is 23.1 Å². The smallest absolute Gasteiger partial charge is 0.306 e. The Hall–Kier alpha value is -1.73. The lowest BCUT2D eigenvalue weighted by Gasteiger charge is -2.27. The van der Waals surface area contributed by atoms with E-state index in [1.165, 1.54) is 0 Å². The fraction of sp³-hybridized carbons (Fsp3) is 0.619. The molecule has 0 unspecified atom stereocenters. The van der Waals surface area contributed by atoms with Gasteiger partial charge in [-0.2, -0.15) is 0 Å². The lowest BCUT2D eigenvalue weighted by atomic mass is 9.86. The van der Waals surface area contributed by atoms with Gasteiger partial charge in [0, 0.05) is 16.5 Å². The summed E-state index contributed by atoms with van der Waals surface area (Å²) >= 11 is 1.58. The van der Waals surface area contributed by atoms with Crippen LogP contribution in [0, 0.1) is 11.8 Å². The van der Waals surface area contributed by atoms with Crippen LogP contribution >= 0.6 is 11.8 Å². The van der Waals surface area contributed by atoms with Gasteiger partial charge in [-0.3, -0.25) is 9.59 Å². The maximum atomic E-state index is 12.6. The molecule has 0 spiro atoms. The van der Waals surface area contributed by atoms with Gasteiger partial charge in [-0.05, 0) is 82.0 Å². The van der Waals surface area contributed by atoms with Crippen LogP contribution in [0.25, 0.3) is 0 Å². The molecule has 3 N–H and O–H groups in total. The number of rotatable bonds is 7. The average Bonchev–Trinajstić information content (AvgIpc) is 2.73. The van der Waals surface area contributed by atoms with Crippen LogP contribution in [-0.4, -0.2) is 49.0 Å². The standard InChI is InChI=1S/C21H30N2O4S/c1-28-19-12-16(4-7-18(19)27-13-14-8-10-22-11-9-14)20(24)23-17-5-2-15(3-6-17)21(25)26/h4,7,12,14-15,17,22H,2-3,5-6,8-11,13H2,1H3,(H,23,24)(H,25,26). The van der Waals surface area contributed by atoms with Crippen molar-refractivity contribution in [3.63, 3.8) is 0 Å². The number of benzene rings is 1. The second-order valence-electron chi connectivity index (χ2n) is 7.73. The zero-order valence-corrected chi connectivity index (χ0v) is 17.2. The molecule has 1 aromatic carbocycles. The molecule has 28 heavy (non-hydrogen) atoms. The molecule has 0 aromatic heterocycles. The molecule has 1 heterocycles. The largest absolute Gasteiger partial charge is 0.492 e. The number of hydrogen-bond acceptors (Lipinski definition) is 5. The van der Waals surface area contributed by atoms with Gasteiger partial charge in [0.1, 0.15) is 5.75 Å². The molecule has 1 saturated heterocycles. The second kappa shape index (κ2) is 10.2. The molecule has 0 bridgehead atoms. The van der Waals surface area contributed by atoms with Crippen LogP contribution in [0.4, 0.5) is 0 Å². The van der Waals surface area contributed by atoms with Gasteiger partial charge < -0.3 is 20.5 Å². The molecule has 1 amide bonds. The minimum atomic E-state index is -0.727. The fourth-order valence-corrected chi connectivity index (χ4v) is 4.51. The lowest BCUT2D eigenvalue weighted by molar-refractivity contribution is -0.142. The molecule has 1 saturated carbocycles. The van der Waals surface area contributed by atoms with Crippen LogP contribution in [0.5, 0.6) is 5.75 Å². The highest BCUT2D eigenvalue weighted by Crippen LogP contribution is 2.30. The first kappa shape index (κ1) is 21.0. The number of hydrogen-bond donors (Lipinski definition) is 3. The van der Waals surface area contributed by atoms with Crippen molar-refractivity contribution in [2.45, 2.75) is 49.5 Å². The maximum Gasteiger partial charge on any atom is 0.306 e. The van der Waals surface area contributed by atoms with Crippen LogP contribution in [0.1, 0.15) is 48.9 Å². The quantitative estimate of drug-likeness (QED) is 0.603. The number of aliphatic carboxylic acids is 1. The molecule has 6 nitrogen and oxygen atoms in total. The predicted octanol–water partition coefficient (Wildman–Crippen LogP) is 3.16. The van der Waals surface area contributed by atoms with E-state index < -0.39 is 5.97 Å². The SMILES string of the molecule is CSc1cc(C(=O)NC2CCC(C(=O)O)CC2)ccc1OCC1CCNCC1. The van der Waals surface area contributed by atoms with Crippen molar-refractivity contribution >= 4 is 23.6 Å². The number of carboxylic acids is 1. The molecule has 0 atom stereocenters.